The van der Waals surface area contributed by atoms with E-state index in [4.69, 9.17) is 4.74 Å². The van der Waals surface area contributed by atoms with Crippen LogP contribution in [0.4, 0.5) is 19.0 Å². The highest BCUT2D eigenvalue weighted by Gasteiger charge is 2.31. The molecule has 1 aromatic heterocycles. The van der Waals surface area contributed by atoms with Crippen molar-refractivity contribution in [3.05, 3.63) is 23.9 Å². The van der Waals surface area contributed by atoms with Crippen molar-refractivity contribution in [2.75, 3.05) is 38.3 Å². The maximum Gasteiger partial charge on any atom is 0.417 e. The predicted octanol–water partition coefficient (Wildman–Crippen LogP) is 1.53. The van der Waals surface area contributed by atoms with Gasteiger partial charge in [0, 0.05) is 19.3 Å². The van der Waals surface area contributed by atoms with Crippen molar-refractivity contribution in [2.45, 2.75) is 12.2 Å². The van der Waals surface area contributed by atoms with Gasteiger partial charge in [-0.15, -0.1) is 0 Å². The van der Waals surface area contributed by atoms with Gasteiger partial charge in [-0.25, -0.2) is 4.98 Å². The Labute approximate surface area is 109 Å². The number of morpholine rings is 1. The van der Waals surface area contributed by atoms with Crippen LogP contribution in [0.5, 0.6) is 0 Å². The van der Waals surface area contributed by atoms with Gasteiger partial charge in [0.2, 0.25) is 0 Å². The molecule has 0 bridgehead atoms. The van der Waals surface area contributed by atoms with Gasteiger partial charge < -0.3 is 15.0 Å². The van der Waals surface area contributed by atoms with Crippen LogP contribution in [-0.2, 0) is 10.9 Å². The van der Waals surface area contributed by atoms with Gasteiger partial charge in [0.25, 0.3) is 0 Å². The van der Waals surface area contributed by atoms with Crippen molar-refractivity contribution >= 4 is 5.82 Å². The molecule has 19 heavy (non-hydrogen) atoms. The molecule has 106 valence electrons. The first-order valence-corrected chi connectivity index (χ1v) is 6.04. The van der Waals surface area contributed by atoms with Crippen LogP contribution in [0.1, 0.15) is 5.56 Å². The number of nitrogens with zero attached hydrogens (tertiary/aromatic N) is 2. The van der Waals surface area contributed by atoms with Crippen molar-refractivity contribution in [1.82, 2.24) is 10.3 Å². The van der Waals surface area contributed by atoms with E-state index in [0.29, 0.717) is 32.1 Å². The van der Waals surface area contributed by atoms with E-state index in [9.17, 15) is 13.2 Å². The molecule has 0 aromatic carbocycles. The summed E-state index contributed by atoms with van der Waals surface area (Å²) >= 11 is 0. The maximum absolute atomic E-state index is 12.5. The molecule has 1 atom stereocenters. The Hall–Kier alpha value is -1.34. The second-order valence-corrected chi connectivity index (χ2v) is 4.38. The van der Waals surface area contributed by atoms with Crippen LogP contribution < -0.4 is 10.2 Å². The smallest absolute Gasteiger partial charge is 0.377 e. The Morgan fingerprint density at radius 1 is 1.47 bits per heavy atom. The van der Waals surface area contributed by atoms with Gasteiger partial charge in [-0.2, -0.15) is 13.2 Å². The molecule has 0 aliphatic carbocycles. The lowest BCUT2D eigenvalue weighted by Crippen LogP contribution is -2.50. The van der Waals surface area contributed by atoms with E-state index in [1.165, 1.54) is 6.07 Å². The van der Waals surface area contributed by atoms with Gasteiger partial charge in [-0.05, 0) is 19.2 Å². The molecule has 0 amide bonds. The summed E-state index contributed by atoms with van der Waals surface area (Å²) < 4.78 is 42.8. The summed E-state index contributed by atoms with van der Waals surface area (Å²) in [6.07, 6.45) is -3.47. The fraction of sp³-hybridized carbons (Fsp3) is 0.583. The normalized spacial score (nSPS) is 20.6. The third-order valence-corrected chi connectivity index (χ3v) is 3.04. The quantitative estimate of drug-likeness (QED) is 0.907. The summed E-state index contributed by atoms with van der Waals surface area (Å²) in [6.45, 7) is 2.43. The van der Waals surface area contributed by atoms with Crippen molar-refractivity contribution in [3.63, 3.8) is 0 Å². The molecule has 7 heteroatoms. The number of halogens is 3. The lowest BCUT2D eigenvalue weighted by atomic mass is 10.2. The average molecular weight is 275 g/mol. The summed E-state index contributed by atoms with van der Waals surface area (Å²) in [5, 5.41) is 3.04. The van der Waals surface area contributed by atoms with Crippen LogP contribution in [0, 0.1) is 0 Å². The van der Waals surface area contributed by atoms with Crippen molar-refractivity contribution in [1.29, 1.82) is 0 Å². The molecule has 0 radical (unpaired) electrons. The van der Waals surface area contributed by atoms with E-state index in [-0.39, 0.29) is 6.04 Å². The fourth-order valence-corrected chi connectivity index (χ4v) is 2.08. The number of alkyl halides is 3. The van der Waals surface area contributed by atoms with E-state index < -0.39 is 11.7 Å². The molecule has 0 spiro atoms. The molecular formula is C12H16F3N3O. The molecule has 2 rings (SSSR count). The first kappa shape index (κ1) is 14.1. The first-order chi connectivity index (χ1) is 9.02. The van der Waals surface area contributed by atoms with Gasteiger partial charge in [0.1, 0.15) is 5.82 Å². The Bertz CT molecular complexity index is 406. The van der Waals surface area contributed by atoms with Crippen LogP contribution in [0.2, 0.25) is 0 Å². The lowest BCUT2D eigenvalue weighted by Gasteiger charge is -2.36. The molecule has 2 heterocycles. The number of hydrogen-bond acceptors (Lipinski definition) is 4. The van der Waals surface area contributed by atoms with E-state index in [0.717, 1.165) is 12.3 Å². The molecule has 1 fully saturated rings. The van der Waals surface area contributed by atoms with Crippen molar-refractivity contribution in [3.8, 4) is 0 Å². The zero-order valence-electron chi connectivity index (χ0n) is 10.6. The lowest BCUT2D eigenvalue weighted by molar-refractivity contribution is -0.137. The Morgan fingerprint density at radius 3 is 2.84 bits per heavy atom. The maximum atomic E-state index is 12.5. The molecule has 1 N–H and O–H groups in total. The van der Waals surface area contributed by atoms with Gasteiger partial charge in [-0.1, -0.05) is 0 Å². The number of anilines is 1. The summed E-state index contributed by atoms with van der Waals surface area (Å²) in [5.74, 6) is 0.552. The molecule has 1 saturated heterocycles. The minimum atomic E-state index is -4.35. The molecule has 4 nitrogen and oxygen atoms in total. The molecule has 1 aliphatic heterocycles. The Balaban J connectivity index is 2.15. The first-order valence-electron chi connectivity index (χ1n) is 6.04. The Kier molecular flexibility index (Phi) is 4.26. The predicted molar refractivity (Wildman–Crippen MR) is 65.1 cm³/mol. The van der Waals surface area contributed by atoms with E-state index in [1.54, 1.807) is 0 Å². The van der Waals surface area contributed by atoms with E-state index in [1.807, 2.05) is 11.9 Å². The number of hydrogen-bond donors (Lipinski definition) is 1. The van der Waals surface area contributed by atoms with E-state index >= 15 is 0 Å². The second kappa shape index (κ2) is 5.75. The van der Waals surface area contributed by atoms with Crippen LogP contribution in [0.25, 0.3) is 0 Å². The SMILES string of the molecule is CNCC1COCCN1c1ccc(C(F)(F)F)cn1. The summed E-state index contributed by atoms with van der Waals surface area (Å²) in [4.78, 5) is 5.90. The highest BCUT2D eigenvalue weighted by molar-refractivity contribution is 5.41. The van der Waals surface area contributed by atoms with Gasteiger partial charge in [0.15, 0.2) is 0 Å². The largest absolute Gasteiger partial charge is 0.417 e. The number of likely N-dealkylation sites (N-methyl/N-ethyl adjacent to an activating group) is 1. The molecule has 0 saturated carbocycles. The van der Waals surface area contributed by atoms with Crippen LogP contribution in [0.3, 0.4) is 0 Å². The van der Waals surface area contributed by atoms with Gasteiger partial charge in [0.05, 0.1) is 24.8 Å². The average Bonchev–Trinajstić information content (AvgIpc) is 2.39. The molecule has 1 aromatic rings. The summed E-state index contributed by atoms with van der Waals surface area (Å²) in [6, 6.07) is 2.56. The number of nitrogens with one attached hydrogen (secondary N) is 1. The molecule has 1 aliphatic rings. The van der Waals surface area contributed by atoms with Gasteiger partial charge >= 0.3 is 6.18 Å². The number of aromatic nitrogens is 1. The minimum Gasteiger partial charge on any atom is -0.377 e. The third kappa shape index (κ3) is 3.36. The highest BCUT2D eigenvalue weighted by atomic mass is 19.4. The summed E-state index contributed by atoms with van der Waals surface area (Å²) in [5.41, 5.74) is -0.727. The number of pyridine rings is 1. The van der Waals surface area contributed by atoms with Crippen molar-refractivity contribution < 1.29 is 17.9 Å². The standard InChI is InChI=1S/C12H16F3N3O/c1-16-7-10-8-19-5-4-18(10)11-3-2-9(6-17-11)12(13,14)15/h2-3,6,10,16H,4-5,7-8H2,1H3. The zero-order valence-corrected chi connectivity index (χ0v) is 10.6. The van der Waals surface area contributed by atoms with Crippen molar-refractivity contribution in [2.24, 2.45) is 0 Å². The number of rotatable bonds is 3. The van der Waals surface area contributed by atoms with Crippen LogP contribution >= 0.6 is 0 Å². The number of ether oxygens (including phenoxy) is 1. The third-order valence-electron chi connectivity index (χ3n) is 3.04. The highest BCUT2D eigenvalue weighted by Crippen LogP contribution is 2.29. The fourth-order valence-electron chi connectivity index (χ4n) is 2.08. The minimum absolute atomic E-state index is 0.0861. The second-order valence-electron chi connectivity index (χ2n) is 4.38. The van der Waals surface area contributed by atoms with E-state index in [2.05, 4.69) is 10.3 Å². The van der Waals surface area contributed by atoms with Crippen LogP contribution in [-0.4, -0.2) is 44.4 Å². The topological polar surface area (TPSA) is 37.4 Å². The zero-order chi connectivity index (χ0) is 13.9. The molecular weight excluding hydrogens is 259 g/mol. The Morgan fingerprint density at radius 2 is 2.26 bits per heavy atom. The monoisotopic (exact) mass is 275 g/mol. The molecule has 1 unspecified atom stereocenters. The summed E-state index contributed by atoms with van der Waals surface area (Å²) in [7, 11) is 1.83. The van der Waals surface area contributed by atoms with Gasteiger partial charge in [-0.3, -0.25) is 0 Å². The van der Waals surface area contributed by atoms with Crippen LogP contribution in [0.15, 0.2) is 18.3 Å².